The molecule has 2 N–H and O–H groups in total. The fourth-order valence-electron chi connectivity index (χ4n) is 4.68. The lowest BCUT2D eigenvalue weighted by molar-refractivity contribution is -0.162. The minimum absolute atomic E-state index is 0.00468. The predicted octanol–water partition coefficient (Wildman–Crippen LogP) is 2.83. The smallest absolute Gasteiger partial charge is 0.393 e. The van der Waals surface area contributed by atoms with Crippen LogP contribution in [0.1, 0.15) is 37.9 Å². The second kappa shape index (κ2) is 8.80. The Morgan fingerprint density at radius 3 is 2.29 bits per heavy atom. The Bertz CT molecular complexity index is 1000. The zero-order valence-electron chi connectivity index (χ0n) is 17.6. The largest absolute Gasteiger partial charge is 0.451 e. The molecule has 2 aromatic rings. The molecule has 0 radical (unpaired) electrons. The van der Waals surface area contributed by atoms with Crippen LogP contribution in [0.2, 0.25) is 0 Å². The third kappa shape index (κ3) is 5.02. The van der Waals surface area contributed by atoms with Crippen molar-refractivity contribution in [3.05, 3.63) is 30.7 Å². The number of hydrogen-bond acceptors (Lipinski definition) is 6. The molecule has 1 amide bonds. The number of aromatic nitrogens is 4. The third-order valence-corrected chi connectivity index (χ3v) is 6.26. The van der Waals surface area contributed by atoms with E-state index in [4.69, 9.17) is 4.74 Å². The summed E-state index contributed by atoms with van der Waals surface area (Å²) in [7, 11) is 0. The van der Waals surface area contributed by atoms with E-state index in [1.54, 1.807) is 12.5 Å². The van der Waals surface area contributed by atoms with Gasteiger partial charge in [0.05, 0.1) is 29.8 Å². The van der Waals surface area contributed by atoms with Gasteiger partial charge in [-0.05, 0) is 32.1 Å². The van der Waals surface area contributed by atoms with Gasteiger partial charge in [0.1, 0.15) is 6.61 Å². The number of rotatable bonds is 6. The molecule has 4 aliphatic rings. The van der Waals surface area contributed by atoms with Crippen molar-refractivity contribution < 1.29 is 41.0 Å². The molecule has 2 aromatic heterocycles. The van der Waals surface area contributed by atoms with Crippen molar-refractivity contribution >= 4 is 5.91 Å². The van der Waals surface area contributed by atoms with Crippen LogP contribution in [0.5, 0.6) is 0 Å². The van der Waals surface area contributed by atoms with Gasteiger partial charge in [-0.25, -0.2) is 15.0 Å². The number of aliphatic hydroxyl groups excluding tert-OH is 1. The van der Waals surface area contributed by atoms with Crippen molar-refractivity contribution in [2.75, 3.05) is 6.61 Å². The van der Waals surface area contributed by atoms with Crippen LogP contribution in [-0.4, -0.2) is 61.6 Å². The molecule has 8 nitrogen and oxygen atoms in total. The number of hydrogen-bond donors (Lipinski definition) is 2. The number of amides is 1. The first kappa shape index (κ1) is 24.4. The van der Waals surface area contributed by atoms with E-state index in [1.807, 2.05) is 4.57 Å². The van der Waals surface area contributed by atoms with Crippen LogP contribution < -0.4 is 5.32 Å². The number of carbonyl (C=O) groups is 1. The summed E-state index contributed by atoms with van der Waals surface area (Å²) >= 11 is 0. The Morgan fingerprint density at radius 2 is 1.76 bits per heavy atom. The van der Waals surface area contributed by atoms with Gasteiger partial charge in [0.2, 0.25) is 11.7 Å². The van der Waals surface area contributed by atoms with Crippen LogP contribution in [0.15, 0.2) is 24.9 Å². The summed E-state index contributed by atoms with van der Waals surface area (Å²) in [4.78, 5) is 23.1. The molecule has 0 saturated heterocycles. The van der Waals surface area contributed by atoms with Gasteiger partial charge in [-0.3, -0.25) is 4.79 Å². The minimum Gasteiger partial charge on any atom is -0.393 e. The van der Waals surface area contributed by atoms with Crippen LogP contribution in [0.25, 0.3) is 11.3 Å². The van der Waals surface area contributed by atoms with E-state index < -0.39 is 18.7 Å². The summed E-state index contributed by atoms with van der Waals surface area (Å²) in [6.45, 7) is -3.67. The van der Waals surface area contributed by atoms with Crippen LogP contribution >= 0.6 is 0 Å². The second-order valence-corrected chi connectivity index (χ2v) is 8.85. The first-order chi connectivity index (χ1) is 15.9. The Hall–Kier alpha value is -2.74. The average Bonchev–Trinajstić information content (AvgIpc) is 3.15. The van der Waals surface area contributed by atoms with Crippen molar-refractivity contribution in [3.8, 4) is 11.3 Å². The predicted molar refractivity (Wildman–Crippen MR) is 103 cm³/mol. The number of alkyl halides is 6. The lowest BCUT2D eigenvalue weighted by Gasteiger charge is -2.70. The average molecular weight is 493 g/mol. The molecule has 0 aromatic carbocycles. The van der Waals surface area contributed by atoms with Crippen molar-refractivity contribution in [1.82, 2.24) is 24.8 Å². The van der Waals surface area contributed by atoms with Gasteiger partial charge in [0, 0.05) is 29.7 Å². The second-order valence-electron chi connectivity index (χ2n) is 8.85. The summed E-state index contributed by atoms with van der Waals surface area (Å²) < 4.78 is 74.2. The Kier molecular flexibility index (Phi) is 6.31. The standard InChI is InChI=1S/C19H20F3N5O3.CHF3/c20-19(21,22)16-23-3-11(4-24-16)14-5-27(10-25-14)18-7-17(8-18,9-18)26-15(29)6-30-13-1-12(28)2-13;2-1(3)4/h3-5,10,12-13,28H,1-2,6-9H2,(H,26,29);1H. The van der Waals surface area contributed by atoms with Crippen molar-refractivity contribution in [1.29, 1.82) is 0 Å². The van der Waals surface area contributed by atoms with Crippen LogP contribution in [0.4, 0.5) is 26.3 Å². The third-order valence-electron chi connectivity index (χ3n) is 6.26. The molecule has 0 unspecified atom stereocenters. The van der Waals surface area contributed by atoms with Gasteiger partial charge in [-0.2, -0.15) is 26.3 Å². The van der Waals surface area contributed by atoms with Crippen LogP contribution in [0.3, 0.4) is 0 Å². The maximum absolute atomic E-state index is 12.6. The van der Waals surface area contributed by atoms with Crippen LogP contribution in [-0.2, 0) is 21.2 Å². The summed E-state index contributed by atoms with van der Waals surface area (Å²) in [6.07, 6.45) is 4.21. The van der Waals surface area contributed by atoms with Gasteiger partial charge in [-0.1, -0.05) is 0 Å². The maximum atomic E-state index is 12.6. The zero-order chi connectivity index (χ0) is 24.7. The summed E-state index contributed by atoms with van der Waals surface area (Å²) in [5.41, 5.74) is 0.573. The summed E-state index contributed by atoms with van der Waals surface area (Å²) in [5.74, 6) is -1.34. The fourth-order valence-corrected chi connectivity index (χ4v) is 4.68. The SMILES string of the molecule is FC(F)F.O=C(COC1CC(O)C1)NC12CC(n3cnc(-c4cnc(C(F)(F)F)nc4)c3)(C1)C2. The highest BCUT2D eigenvalue weighted by Gasteiger charge is 2.69. The molecule has 2 bridgehead atoms. The van der Waals surface area contributed by atoms with Gasteiger partial charge < -0.3 is 19.7 Å². The van der Waals surface area contributed by atoms with Gasteiger partial charge >= 0.3 is 12.9 Å². The highest BCUT2D eigenvalue weighted by molar-refractivity contribution is 5.79. The number of halogens is 6. The molecule has 0 atom stereocenters. The zero-order valence-corrected chi connectivity index (χ0v) is 17.6. The molecule has 2 heterocycles. The Labute approximate surface area is 189 Å². The van der Waals surface area contributed by atoms with Gasteiger partial charge in [-0.15, -0.1) is 0 Å². The van der Waals surface area contributed by atoms with E-state index in [1.165, 1.54) is 0 Å². The quantitative estimate of drug-likeness (QED) is 0.601. The van der Waals surface area contributed by atoms with Crippen molar-refractivity contribution in [2.24, 2.45) is 0 Å². The number of imidazole rings is 1. The molecular formula is C20H21F6N5O3. The lowest BCUT2D eigenvalue weighted by Crippen LogP contribution is -2.78. The fraction of sp³-hybridized carbons (Fsp3) is 0.600. The normalized spacial score (nSPS) is 29.3. The lowest BCUT2D eigenvalue weighted by atomic mass is 9.44. The molecule has 0 aliphatic heterocycles. The van der Waals surface area contributed by atoms with E-state index in [2.05, 4.69) is 20.3 Å². The maximum Gasteiger partial charge on any atom is 0.451 e. The highest BCUT2D eigenvalue weighted by atomic mass is 19.4. The van der Waals surface area contributed by atoms with Gasteiger partial charge in [0.15, 0.2) is 0 Å². The first-order valence-electron chi connectivity index (χ1n) is 10.4. The topological polar surface area (TPSA) is 102 Å². The Balaban J connectivity index is 0.000000636. The molecule has 14 heteroatoms. The van der Waals surface area contributed by atoms with E-state index in [-0.39, 0.29) is 35.8 Å². The molecule has 6 rings (SSSR count). The Morgan fingerprint density at radius 1 is 1.18 bits per heavy atom. The first-order valence-corrected chi connectivity index (χ1v) is 10.4. The summed E-state index contributed by atoms with van der Waals surface area (Å²) in [6, 6.07) is 0. The van der Waals surface area contributed by atoms with Gasteiger partial charge in [0.25, 0.3) is 0 Å². The summed E-state index contributed by atoms with van der Waals surface area (Å²) in [5, 5.41) is 12.3. The number of nitrogens with zero attached hydrogens (tertiary/aromatic N) is 4. The van der Waals surface area contributed by atoms with E-state index >= 15 is 0 Å². The van der Waals surface area contributed by atoms with E-state index in [9.17, 15) is 36.2 Å². The number of carbonyl (C=O) groups excluding carboxylic acids is 1. The number of aliphatic hydroxyl groups is 1. The van der Waals surface area contributed by atoms with Crippen molar-refractivity contribution in [2.45, 2.75) is 68.2 Å². The molecule has 34 heavy (non-hydrogen) atoms. The minimum atomic E-state index is -4.58. The number of ether oxygens (including phenoxy) is 1. The molecule has 4 fully saturated rings. The number of nitrogens with one attached hydrogen (secondary N) is 1. The molecule has 0 spiro atoms. The van der Waals surface area contributed by atoms with Crippen molar-refractivity contribution in [3.63, 3.8) is 0 Å². The molecule has 4 saturated carbocycles. The van der Waals surface area contributed by atoms with E-state index in [0.29, 0.717) is 24.1 Å². The molecule has 186 valence electrons. The molecular weight excluding hydrogens is 472 g/mol. The molecule has 4 aliphatic carbocycles. The van der Waals surface area contributed by atoms with E-state index in [0.717, 1.165) is 31.7 Å². The highest BCUT2D eigenvalue weighted by Crippen LogP contribution is 2.65. The monoisotopic (exact) mass is 493 g/mol. The van der Waals surface area contributed by atoms with Crippen LogP contribution in [0, 0.1) is 0 Å².